The number of carbonyl (C=O) groups is 2. The van der Waals surface area contributed by atoms with Gasteiger partial charge >= 0.3 is 0 Å². The van der Waals surface area contributed by atoms with E-state index in [-0.39, 0.29) is 11.6 Å². The van der Waals surface area contributed by atoms with Crippen molar-refractivity contribution in [1.29, 1.82) is 0 Å². The van der Waals surface area contributed by atoms with E-state index in [0.717, 1.165) is 9.79 Å². The van der Waals surface area contributed by atoms with Crippen LogP contribution < -0.4 is 0 Å². The Morgan fingerprint density at radius 3 is 1.65 bits per heavy atom. The summed E-state index contributed by atoms with van der Waals surface area (Å²) in [5.41, 5.74) is 0. The molecule has 1 aromatic carbocycles. The second-order valence-corrected chi connectivity index (χ2v) is 5.99. The molecule has 0 fully saturated rings. The molecule has 20 heavy (non-hydrogen) atoms. The predicted octanol–water partition coefficient (Wildman–Crippen LogP) is 4.16. The first-order valence-electron chi connectivity index (χ1n) is 6.33. The van der Waals surface area contributed by atoms with E-state index in [1.807, 2.05) is 38.1 Å². The molecular formula is C16H18O2S2. The first-order valence-corrected chi connectivity index (χ1v) is 8.30. The van der Waals surface area contributed by atoms with Crippen LogP contribution in [0, 0.1) is 0 Å². The Bertz CT molecular complexity index is 472. The molecule has 0 spiro atoms. The maximum Gasteiger partial charge on any atom is 0.165 e. The lowest BCUT2D eigenvalue weighted by molar-refractivity contribution is -0.113. The molecule has 0 aromatic heterocycles. The van der Waals surface area contributed by atoms with Crippen LogP contribution in [-0.2, 0) is 9.59 Å². The Morgan fingerprint density at radius 1 is 0.900 bits per heavy atom. The topological polar surface area (TPSA) is 34.1 Å². The molecule has 0 aliphatic carbocycles. The molecule has 2 nitrogen and oxygen atoms in total. The molecule has 0 atom stereocenters. The Kier molecular flexibility index (Phi) is 8.07. The van der Waals surface area contributed by atoms with Gasteiger partial charge in [-0.3, -0.25) is 9.59 Å². The van der Waals surface area contributed by atoms with E-state index in [9.17, 15) is 9.59 Å². The normalized spacial score (nSPS) is 11.3. The molecule has 0 amide bonds. The van der Waals surface area contributed by atoms with Gasteiger partial charge < -0.3 is 0 Å². The van der Waals surface area contributed by atoms with E-state index in [4.69, 9.17) is 0 Å². The molecule has 0 saturated heterocycles. The molecule has 0 unspecified atom stereocenters. The highest BCUT2D eigenvalue weighted by Gasteiger charge is 2.07. The molecule has 4 heteroatoms. The number of rotatable bonds is 8. The summed E-state index contributed by atoms with van der Waals surface area (Å²) in [4.78, 5) is 25.1. The Labute approximate surface area is 128 Å². The standard InChI is InChI=1S/C16H18O2S2/c1-3-7-13(17)11-19-15-9-5-6-10-16(15)20-12-14(18)8-4-2/h3-10H,11-12H2,1-2H3. The summed E-state index contributed by atoms with van der Waals surface area (Å²) in [6.07, 6.45) is 6.66. The van der Waals surface area contributed by atoms with E-state index in [1.54, 1.807) is 24.3 Å². The first kappa shape index (κ1) is 16.8. The van der Waals surface area contributed by atoms with E-state index in [0.29, 0.717) is 11.5 Å². The van der Waals surface area contributed by atoms with Crippen molar-refractivity contribution in [2.75, 3.05) is 11.5 Å². The van der Waals surface area contributed by atoms with E-state index >= 15 is 0 Å². The summed E-state index contributed by atoms with van der Waals surface area (Å²) in [5, 5.41) is 0. The molecule has 0 aliphatic rings. The van der Waals surface area contributed by atoms with Crippen LogP contribution in [-0.4, -0.2) is 23.1 Å². The van der Waals surface area contributed by atoms with Crippen molar-refractivity contribution < 1.29 is 9.59 Å². The van der Waals surface area contributed by atoms with Crippen LogP contribution in [0.15, 0.2) is 58.4 Å². The van der Waals surface area contributed by atoms with Gasteiger partial charge in [0.15, 0.2) is 11.6 Å². The monoisotopic (exact) mass is 306 g/mol. The summed E-state index contributed by atoms with van der Waals surface area (Å²) in [6, 6.07) is 7.85. The van der Waals surface area contributed by atoms with Crippen LogP contribution in [0.2, 0.25) is 0 Å². The fraction of sp³-hybridized carbons (Fsp3) is 0.250. The predicted molar refractivity (Wildman–Crippen MR) is 87.5 cm³/mol. The number of hydrogen-bond donors (Lipinski definition) is 0. The Morgan fingerprint density at radius 2 is 1.30 bits per heavy atom. The van der Waals surface area contributed by atoms with Crippen molar-refractivity contribution in [1.82, 2.24) is 0 Å². The maximum atomic E-state index is 11.5. The lowest BCUT2D eigenvalue weighted by atomic mass is 10.4. The van der Waals surface area contributed by atoms with Gasteiger partial charge in [-0.2, -0.15) is 0 Å². The highest BCUT2D eigenvalue weighted by Crippen LogP contribution is 2.30. The number of benzene rings is 1. The summed E-state index contributed by atoms with van der Waals surface area (Å²) >= 11 is 3.02. The van der Waals surface area contributed by atoms with Crippen LogP contribution in [0.4, 0.5) is 0 Å². The van der Waals surface area contributed by atoms with E-state index < -0.39 is 0 Å². The van der Waals surface area contributed by atoms with E-state index in [2.05, 4.69) is 0 Å². The van der Waals surface area contributed by atoms with Gasteiger partial charge in [-0.15, -0.1) is 23.5 Å². The molecule has 1 rings (SSSR count). The third-order valence-corrected chi connectivity index (χ3v) is 4.62. The number of allylic oxidation sites excluding steroid dienone is 4. The fourth-order valence-corrected chi connectivity index (χ4v) is 3.37. The summed E-state index contributed by atoms with van der Waals surface area (Å²) in [6.45, 7) is 3.67. The summed E-state index contributed by atoms with van der Waals surface area (Å²) in [5.74, 6) is 1.04. The molecular weight excluding hydrogens is 288 g/mol. The van der Waals surface area contributed by atoms with Gasteiger partial charge in [0, 0.05) is 9.79 Å². The number of ketones is 2. The minimum atomic E-state index is 0.0993. The van der Waals surface area contributed by atoms with Crippen molar-refractivity contribution in [3.63, 3.8) is 0 Å². The third-order valence-electron chi connectivity index (χ3n) is 2.29. The zero-order valence-electron chi connectivity index (χ0n) is 11.7. The van der Waals surface area contributed by atoms with Crippen LogP contribution in [0.5, 0.6) is 0 Å². The fourth-order valence-electron chi connectivity index (χ4n) is 1.45. The quantitative estimate of drug-likeness (QED) is 0.533. The molecule has 0 radical (unpaired) electrons. The van der Waals surface area contributed by atoms with Crippen LogP contribution >= 0.6 is 23.5 Å². The number of hydrogen-bond acceptors (Lipinski definition) is 4. The van der Waals surface area contributed by atoms with Crippen molar-refractivity contribution in [3.8, 4) is 0 Å². The lowest BCUT2D eigenvalue weighted by Gasteiger charge is -2.06. The zero-order valence-corrected chi connectivity index (χ0v) is 13.3. The molecule has 0 N–H and O–H groups in total. The Balaban J connectivity index is 2.63. The smallest absolute Gasteiger partial charge is 0.165 e. The van der Waals surface area contributed by atoms with Crippen molar-refractivity contribution in [3.05, 3.63) is 48.6 Å². The van der Waals surface area contributed by atoms with Gasteiger partial charge in [0.2, 0.25) is 0 Å². The summed E-state index contributed by atoms with van der Waals surface area (Å²) < 4.78 is 0. The van der Waals surface area contributed by atoms with Crippen molar-refractivity contribution in [2.45, 2.75) is 23.6 Å². The molecule has 0 bridgehead atoms. The van der Waals surface area contributed by atoms with E-state index in [1.165, 1.54) is 23.5 Å². The average molecular weight is 306 g/mol. The van der Waals surface area contributed by atoms with Gasteiger partial charge in [0.1, 0.15) is 0 Å². The van der Waals surface area contributed by atoms with Gasteiger partial charge in [-0.05, 0) is 38.1 Å². The Hall–Kier alpha value is -1.26. The van der Waals surface area contributed by atoms with Gasteiger partial charge in [0.05, 0.1) is 11.5 Å². The molecule has 0 saturated carbocycles. The number of carbonyl (C=O) groups excluding carboxylic acids is 2. The zero-order chi connectivity index (χ0) is 14.8. The highest BCUT2D eigenvalue weighted by atomic mass is 32.2. The average Bonchev–Trinajstić information content (AvgIpc) is 2.44. The van der Waals surface area contributed by atoms with Gasteiger partial charge in [-0.25, -0.2) is 0 Å². The van der Waals surface area contributed by atoms with Crippen molar-refractivity contribution >= 4 is 35.1 Å². The summed E-state index contributed by atoms with van der Waals surface area (Å²) in [7, 11) is 0. The minimum absolute atomic E-state index is 0.0993. The van der Waals surface area contributed by atoms with Crippen LogP contribution in [0.25, 0.3) is 0 Å². The highest BCUT2D eigenvalue weighted by molar-refractivity contribution is 8.03. The van der Waals surface area contributed by atoms with Gasteiger partial charge in [-0.1, -0.05) is 24.3 Å². The second-order valence-electron chi connectivity index (χ2n) is 3.96. The SMILES string of the molecule is CC=CC(=O)CSc1ccccc1SCC(=O)C=CC. The molecule has 1 aromatic rings. The van der Waals surface area contributed by atoms with Gasteiger partial charge in [0.25, 0.3) is 0 Å². The first-order chi connectivity index (χ1) is 9.67. The molecule has 106 valence electrons. The lowest BCUT2D eigenvalue weighted by Crippen LogP contribution is -1.98. The largest absolute Gasteiger partial charge is 0.294 e. The third kappa shape index (κ3) is 6.26. The molecule has 0 heterocycles. The number of thioether (sulfide) groups is 2. The minimum Gasteiger partial charge on any atom is -0.294 e. The second kappa shape index (κ2) is 9.61. The molecule has 0 aliphatic heterocycles. The van der Waals surface area contributed by atoms with Crippen molar-refractivity contribution in [2.24, 2.45) is 0 Å². The van der Waals surface area contributed by atoms with Crippen LogP contribution in [0.1, 0.15) is 13.8 Å². The maximum absolute atomic E-state index is 11.5. The van der Waals surface area contributed by atoms with Crippen LogP contribution in [0.3, 0.4) is 0 Å².